The summed E-state index contributed by atoms with van der Waals surface area (Å²) < 4.78 is 10.4. The van der Waals surface area contributed by atoms with Crippen molar-refractivity contribution in [3.63, 3.8) is 0 Å². The molecule has 0 aliphatic heterocycles. The fourth-order valence-electron chi connectivity index (χ4n) is 1.65. The van der Waals surface area contributed by atoms with Gasteiger partial charge in [-0.25, -0.2) is 0 Å². The van der Waals surface area contributed by atoms with Crippen LogP contribution in [0.4, 0.5) is 5.69 Å². The third-order valence-electron chi connectivity index (χ3n) is 2.57. The molecule has 116 valence electrons. The number of esters is 1. The van der Waals surface area contributed by atoms with Gasteiger partial charge in [-0.2, -0.15) is 0 Å². The van der Waals surface area contributed by atoms with Crippen LogP contribution < -0.4 is 10.1 Å². The van der Waals surface area contributed by atoms with Crippen molar-refractivity contribution >= 4 is 27.6 Å². The molecule has 0 spiro atoms. The highest BCUT2D eigenvalue weighted by Crippen LogP contribution is 2.33. The molecule has 0 radical (unpaired) electrons. The number of nitro benzene ring substituents is 1. The van der Waals surface area contributed by atoms with E-state index < -0.39 is 16.9 Å². The molecule has 0 amide bonds. The molecular weight excluding hydrogens is 344 g/mol. The molecular formula is C13H17BrN2O5. The smallest absolute Gasteiger partial charge is 0.326 e. The number of benzene rings is 1. The van der Waals surface area contributed by atoms with E-state index in [1.165, 1.54) is 19.2 Å². The lowest BCUT2D eigenvalue weighted by Gasteiger charge is -2.19. The van der Waals surface area contributed by atoms with Gasteiger partial charge in [0.05, 0.1) is 12.0 Å². The predicted octanol–water partition coefficient (Wildman–Crippen LogP) is 2.28. The summed E-state index contributed by atoms with van der Waals surface area (Å²) in [6.07, 6.45) is 0. The van der Waals surface area contributed by atoms with E-state index in [0.717, 1.165) is 0 Å². The standard InChI is InChI=1S/C13H17BrN2O5/c1-8(2)15-9(13(17)20-3)7-21-11-6-4-5-10(12(11)14)16(18)19/h4-6,8-9,15H,7H2,1-3H3. The third-order valence-corrected chi connectivity index (χ3v) is 3.36. The van der Waals surface area contributed by atoms with Crippen LogP contribution in [0.5, 0.6) is 5.75 Å². The molecule has 0 fully saturated rings. The van der Waals surface area contributed by atoms with E-state index in [2.05, 4.69) is 21.2 Å². The monoisotopic (exact) mass is 360 g/mol. The molecule has 0 bridgehead atoms. The Hall–Kier alpha value is -1.67. The largest absolute Gasteiger partial charge is 0.490 e. The minimum absolute atomic E-state index is 0.00458. The summed E-state index contributed by atoms with van der Waals surface area (Å²) in [7, 11) is 1.29. The van der Waals surface area contributed by atoms with Crippen LogP contribution >= 0.6 is 15.9 Å². The lowest BCUT2D eigenvalue weighted by molar-refractivity contribution is -0.385. The molecule has 1 N–H and O–H groups in total. The average molecular weight is 361 g/mol. The van der Waals surface area contributed by atoms with E-state index in [0.29, 0.717) is 5.75 Å². The van der Waals surface area contributed by atoms with Gasteiger partial charge in [0.25, 0.3) is 5.69 Å². The second-order valence-electron chi connectivity index (χ2n) is 4.55. The zero-order valence-corrected chi connectivity index (χ0v) is 13.5. The van der Waals surface area contributed by atoms with E-state index in [4.69, 9.17) is 9.47 Å². The van der Waals surface area contributed by atoms with Crippen molar-refractivity contribution in [2.24, 2.45) is 0 Å². The number of nitro groups is 1. The van der Waals surface area contributed by atoms with Crippen LogP contribution in [0.3, 0.4) is 0 Å². The van der Waals surface area contributed by atoms with Crippen molar-refractivity contribution in [3.8, 4) is 5.75 Å². The number of methoxy groups -OCH3 is 1. The van der Waals surface area contributed by atoms with Crippen molar-refractivity contribution in [1.82, 2.24) is 5.32 Å². The Morgan fingerprint density at radius 1 is 1.48 bits per heavy atom. The quantitative estimate of drug-likeness (QED) is 0.455. The van der Waals surface area contributed by atoms with Crippen molar-refractivity contribution in [1.29, 1.82) is 0 Å². The molecule has 1 rings (SSSR count). The lowest BCUT2D eigenvalue weighted by atomic mass is 10.2. The van der Waals surface area contributed by atoms with Crippen LogP contribution in [-0.2, 0) is 9.53 Å². The lowest BCUT2D eigenvalue weighted by Crippen LogP contribution is -2.45. The van der Waals surface area contributed by atoms with Gasteiger partial charge in [0.15, 0.2) is 0 Å². The Kier molecular flexibility index (Phi) is 6.57. The number of nitrogens with zero attached hydrogens (tertiary/aromatic N) is 1. The predicted molar refractivity (Wildman–Crippen MR) is 80.4 cm³/mol. The SMILES string of the molecule is COC(=O)C(COc1cccc([N+](=O)[O-])c1Br)NC(C)C. The fraction of sp³-hybridized carbons (Fsp3) is 0.462. The third kappa shape index (κ3) is 4.98. The minimum atomic E-state index is -0.652. The molecule has 0 aromatic heterocycles. The first-order valence-corrected chi connectivity index (χ1v) is 7.05. The van der Waals surface area contributed by atoms with Gasteiger partial charge in [0.2, 0.25) is 0 Å². The van der Waals surface area contributed by atoms with E-state index in [-0.39, 0.29) is 22.8 Å². The topological polar surface area (TPSA) is 90.7 Å². The summed E-state index contributed by atoms with van der Waals surface area (Å²) in [5.41, 5.74) is -0.0982. The summed E-state index contributed by atoms with van der Waals surface area (Å²) in [4.78, 5) is 22.0. The van der Waals surface area contributed by atoms with Gasteiger partial charge in [0.1, 0.15) is 22.9 Å². The summed E-state index contributed by atoms with van der Waals surface area (Å²) >= 11 is 3.13. The van der Waals surface area contributed by atoms with Crippen molar-refractivity contribution in [2.45, 2.75) is 25.9 Å². The van der Waals surface area contributed by atoms with E-state index in [1.54, 1.807) is 6.07 Å². The Morgan fingerprint density at radius 2 is 2.14 bits per heavy atom. The first kappa shape index (κ1) is 17.4. The van der Waals surface area contributed by atoms with Gasteiger partial charge in [-0.3, -0.25) is 20.2 Å². The van der Waals surface area contributed by atoms with E-state index in [9.17, 15) is 14.9 Å². The van der Waals surface area contributed by atoms with Gasteiger partial charge in [-0.05, 0) is 22.0 Å². The second-order valence-corrected chi connectivity index (χ2v) is 5.35. The number of carbonyl (C=O) groups excluding carboxylic acids is 1. The average Bonchev–Trinajstić information content (AvgIpc) is 2.43. The summed E-state index contributed by atoms with van der Waals surface area (Å²) in [6, 6.07) is 3.87. The molecule has 1 unspecified atom stereocenters. The van der Waals surface area contributed by atoms with Crippen LogP contribution in [0.15, 0.2) is 22.7 Å². The molecule has 8 heteroatoms. The normalized spacial score (nSPS) is 12.0. The molecule has 7 nitrogen and oxygen atoms in total. The van der Waals surface area contributed by atoms with Gasteiger partial charge in [-0.15, -0.1) is 0 Å². The zero-order valence-electron chi connectivity index (χ0n) is 12.0. The van der Waals surface area contributed by atoms with Crippen LogP contribution in [0.25, 0.3) is 0 Å². The van der Waals surface area contributed by atoms with Crippen LogP contribution in [0.2, 0.25) is 0 Å². The molecule has 1 aromatic carbocycles. The number of carbonyl (C=O) groups is 1. The van der Waals surface area contributed by atoms with Crippen LogP contribution in [0, 0.1) is 10.1 Å². The van der Waals surface area contributed by atoms with Crippen molar-refractivity contribution < 1.29 is 19.2 Å². The highest BCUT2D eigenvalue weighted by atomic mass is 79.9. The Labute approximate surface area is 130 Å². The molecule has 21 heavy (non-hydrogen) atoms. The Bertz CT molecular complexity index is 521. The minimum Gasteiger partial charge on any atom is -0.490 e. The molecule has 1 aromatic rings. The fourth-order valence-corrected chi connectivity index (χ4v) is 2.18. The highest BCUT2D eigenvalue weighted by molar-refractivity contribution is 9.10. The maximum absolute atomic E-state index is 11.6. The van der Waals surface area contributed by atoms with Gasteiger partial charge >= 0.3 is 5.97 Å². The van der Waals surface area contributed by atoms with Gasteiger partial charge in [0, 0.05) is 12.1 Å². The number of nitrogens with one attached hydrogen (secondary N) is 1. The van der Waals surface area contributed by atoms with Gasteiger partial charge < -0.3 is 9.47 Å². The first-order chi connectivity index (χ1) is 9.86. The van der Waals surface area contributed by atoms with Crippen LogP contribution in [0.1, 0.15) is 13.8 Å². The number of halogens is 1. The number of ether oxygens (including phenoxy) is 2. The van der Waals surface area contributed by atoms with Gasteiger partial charge in [-0.1, -0.05) is 19.9 Å². The number of hydrogen-bond acceptors (Lipinski definition) is 6. The Balaban J connectivity index is 2.83. The maximum Gasteiger partial charge on any atom is 0.326 e. The van der Waals surface area contributed by atoms with E-state index >= 15 is 0 Å². The first-order valence-electron chi connectivity index (χ1n) is 6.26. The zero-order chi connectivity index (χ0) is 16.0. The van der Waals surface area contributed by atoms with E-state index in [1.807, 2.05) is 13.8 Å². The highest BCUT2D eigenvalue weighted by Gasteiger charge is 2.22. The van der Waals surface area contributed by atoms with Crippen LogP contribution in [-0.4, -0.2) is 36.7 Å². The molecule has 0 aliphatic carbocycles. The molecule has 1 atom stereocenters. The van der Waals surface area contributed by atoms with Crippen molar-refractivity contribution in [2.75, 3.05) is 13.7 Å². The molecule has 0 saturated heterocycles. The maximum atomic E-state index is 11.6. The molecule has 0 saturated carbocycles. The summed E-state index contributed by atoms with van der Waals surface area (Å²) in [6.45, 7) is 3.78. The second kappa shape index (κ2) is 7.94. The number of rotatable bonds is 7. The molecule has 0 heterocycles. The number of hydrogen-bond donors (Lipinski definition) is 1. The summed E-state index contributed by atoms with van der Waals surface area (Å²) in [5, 5.41) is 13.9. The Morgan fingerprint density at radius 3 is 2.67 bits per heavy atom. The molecule has 0 aliphatic rings. The summed E-state index contributed by atoms with van der Waals surface area (Å²) in [5.74, 6) is -0.158. The van der Waals surface area contributed by atoms with Crippen molar-refractivity contribution in [3.05, 3.63) is 32.8 Å².